The number of carbonyl (C=O) groups is 1. The molecule has 3 rings (SSSR count). The van der Waals surface area contributed by atoms with Crippen LogP contribution in [0.4, 0.5) is 0 Å². The van der Waals surface area contributed by atoms with Gasteiger partial charge in [0.1, 0.15) is 5.75 Å². The van der Waals surface area contributed by atoms with Gasteiger partial charge in [-0.25, -0.2) is 0 Å². The number of hydrogen-bond acceptors (Lipinski definition) is 3. The van der Waals surface area contributed by atoms with E-state index in [1.165, 1.54) is 38.8 Å². The maximum Gasteiger partial charge on any atom is 0.260 e. The molecule has 26 heavy (non-hydrogen) atoms. The highest BCUT2D eigenvalue weighted by Crippen LogP contribution is 2.22. The normalized spacial score (nSPS) is 21.1. The van der Waals surface area contributed by atoms with Crippen LogP contribution in [0.3, 0.4) is 0 Å². The minimum Gasteiger partial charge on any atom is -0.484 e. The van der Waals surface area contributed by atoms with Gasteiger partial charge < -0.3 is 14.5 Å². The highest BCUT2D eigenvalue weighted by atomic mass is 35.5. The lowest BCUT2D eigenvalue weighted by Gasteiger charge is -2.37. The fraction of sp³-hybridized carbons (Fsp3) is 0.667. The first-order valence-corrected chi connectivity index (χ1v) is 9.94. The Morgan fingerprint density at radius 3 is 2.58 bits per heavy atom. The maximum absolute atomic E-state index is 12.7. The summed E-state index contributed by atoms with van der Waals surface area (Å²) in [5.74, 6) is 0.962. The number of para-hydroxylation sites is 1. The number of rotatable bonds is 6. The number of ether oxygens (including phenoxy) is 1. The van der Waals surface area contributed by atoms with Crippen molar-refractivity contribution in [1.82, 2.24) is 9.80 Å². The molecule has 4 nitrogen and oxygen atoms in total. The first-order chi connectivity index (χ1) is 12.2. The molecule has 2 fully saturated rings. The van der Waals surface area contributed by atoms with Crippen LogP contribution in [0, 0.1) is 6.92 Å². The van der Waals surface area contributed by atoms with Crippen molar-refractivity contribution in [2.24, 2.45) is 0 Å². The van der Waals surface area contributed by atoms with Crippen LogP contribution in [0.2, 0.25) is 0 Å². The first-order valence-electron chi connectivity index (χ1n) is 9.94. The predicted octanol–water partition coefficient (Wildman–Crippen LogP) is 4.05. The van der Waals surface area contributed by atoms with Crippen molar-refractivity contribution in [3.05, 3.63) is 29.8 Å². The summed E-state index contributed by atoms with van der Waals surface area (Å²) in [6, 6.07) is 8.29. The molecule has 0 spiro atoms. The van der Waals surface area contributed by atoms with Gasteiger partial charge in [-0.3, -0.25) is 4.79 Å². The van der Waals surface area contributed by atoms with Gasteiger partial charge in [-0.15, -0.1) is 12.4 Å². The second-order valence-corrected chi connectivity index (χ2v) is 7.48. The van der Waals surface area contributed by atoms with E-state index in [9.17, 15) is 4.79 Å². The second kappa shape index (κ2) is 10.8. The lowest BCUT2D eigenvalue weighted by atomic mass is 9.98. The number of amides is 1. The van der Waals surface area contributed by atoms with E-state index in [0.717, 1.165) is 43.7 Å². The third-order valence-electron chi connectivity index (χ3n) is 5.62. The number of hydrogen-bond donors (Lipinski definition) is 0. The summed E-state index contributed by atoms with van der Waals surface area (Å²) in [5, 5.41) is 0. The van der Waals surface area contributed by atoms with Crippen LogP contribution < -0.4 is 4.74 Å². The number of nitrogens with zero attached hydrogens (tertiary/aromatic N) is 2. The van der Waals surface area contributed by atoms with Crippen LogP contribution >= 0.6 is 12.4 Å². The topological polar surface area (TPSA) is 32.8 Å². The van der Waals surface area contributed by atoms with E-state index >= 15 is 0 Å². The molecule has 2 aliphatic heterocycles. The van der Waals surface area contributed by atoms with E-state index in [4.69, 9.17) is 4.74 Å². The molecule has 0 saturated carbocycles. The zero-order chi connectivity index (χ0) is 17.5. The Morgan fingerprint density at radius 1 is 1.08 bits per heavy atom. The molecule has 0 N–H and O–H groups in total. The summed E-state index contributed by atoms with van der Waals surface area (Å²) < 4.78 is 5.79. The molecule has 2 heterocycles. The molecule has 0 aromatic heterocycles. The van der Waals surface area contributed by atoms with Gasteiger partial charge in [0.25, 0.3) is 5.91 Å². The molecule has 1 amide bonds. The summed E-state index contributed by atoms with van der Waals surface area (Å²) in [4.78, 5) is 17.4. The predicted molar refractivity (Wildman–Crippen MR) is 108 cm³/mol. The molecule has 1 atom stereocenters. The SMILES string of the molecule is Cc1ccccc1OCC(=O)N1CCCCC1CCN1CCCCC1.Cl. The number of carbonyl (C=O) groups excluding carboxylic acids is 1. The average molecular weight is 381 g/mol. The van der Waals surface area contributed by atoms with Crippen molar-refractivity contribution in [2.45, 2.75) is 57.9 Å². The number of halogens is 1. The van der Waals surface area contributed by atoms with Crippen LogP contribution in [0.5, 0.6) is 5.75 Å². The van der Waals surface area contributed by atoms with E-state index in [0.29, 0.717) is 6.04 Å². The molecular weight excluding hydrogens is 348 g/mol. The van der Waals surface area contributed by atoms with Crippen molar-refractivity contribution < 1.29 is 9.53 Å². The molecule has 0 bridgehead atoms. The minimum absolute atomic E-state index is 0. The fourth-order valence-corrected chi connectivity index (χ4v) is 4.08. The average Bonchev–Trinajstić information content (AvgIpc) is 2.66. The van der Waals surface area contributed by atoms with Crippen LogP contribution in [-0.4, -0.2) is 54.5 Å². The van der Waals surface area contributed by atoms with Crippen LogP contribution in [0.15, 0.2) is 24.3 Å². The van der Waals surface area contributed by atoms with Gasteiger partial charge in [0.05, 0.1) is 0 Å². The summed E-state index contributed by atoms with van der Waals surface area (Å²) in [6.07, 6.45) is 8.65. The highest BCUT2D eigenvalue weighted by molar-refractivity contribution is 5.85. The van der Waals surface area contributed by atoms with E-state index in [-0.39, 0.29) is 24.9 Å². The van der Waals surface area contributed by atoms with Crippen molar-refractivity contribution in [1.29, 1.82) is 0 Å². The van der Waals surface area contributed by atoms with Gasteiger partial charge in [-0.1, -0.05) is 24.6 Å². The van der Waals surface area contributed by atoms with Gasteiger partial charge in [0, 0.05) is 19.1 Å². The maximum atomic E-state index is 12.7. The fourth-order valence-electron chi connectivity index (χ4n) is 4.08. The summed E-state index contributed by atoms with van der Waals surface area (Å²) in [7, 11) is 0. The molecule has 2 saturated heterocycles. The molecule has 0 radical (unpaired) electrons. The molecule has 1 aromatic carbocycles. The molecule has 1 aromatic rings. The Hall–Kier alpha value is -1.26. The smallest absolute Gasteiger partial charge is 0.260 e. The van der Waals surface area contributed by atoms with Crippen LogP contribution in [0.1, 0.15) is 50.5 Å². The van der Waals surface area contributed by atoms with Gasteiger partial charge in [-0.2, -0.15) is 0 Å². The lowest BCUT2D eigenvalue weighted by molar-refractivity contribution is -0.137. The van der Waals surface area contributed by atoms with Gasteiger partial charge >= 0.3 is 0 Å². The molecule has 146 valence electrons. The first kappa shape index (κ1) is 21.0. The summed E-state index contributed by atoms with van der Waals surface area (Å²) >= 11 is 0. The van der Waals surface area contributed by atoms with E-state index in [2.05, 4.69) is 9.80 Å². The lowest BCUT2D eigenvalue weighted by Crippen LogP contribution is -2.47. The highest BCUT2D eigenvalue weighted by Gasteiger charge is 2.27. The number of likely N-dealkylation sites (tertiary alicyclic amines) is 2. The van der Waals surface area contributed by atoms with Crippen molar-refractivity contribution in [2.75, 3.05) is 32.8 Å². The molecule has 2 aliphatic rings. The van der Waals surface area contributed by atoms with Crippen molar-refractivity contribution in [3.8, 4) is 5.75 Å². The van der Waals surface area contributed by atoms with E-state index < -0.39 is 0 Å². The summed E-state index contributed by atoms with van der Waals surface area (Å²) in [5.41, 5.74) is 1.08. The third kappa shape index (κ3) is 5.88. The Bertz CT molecular complexity index is 561. The number of piperidine rings is 2. The van der Waals surface area contributed by atoms with Crippen molar-refractivity contribution >= 4 is 18.3 Å². The zero-order valence-electron chi connectivity index (χ0n) is 16.0. The summed E-state index contributed by atoms with van der Waals surface area (Å²) in [6.45, 7) is 6.66. The van der Waals surface area contributed by atoms with Gasteiger partial charge in [0.15, 0.2) is 6.61 Å². The molecule has 1 unspecified atom stereocenters. The van der Waals surface area contributed by atoms with E-state index in [1.807, 2.05) is 31.2 Å². The minimum atomic E-state index is 0. The Kier molecular flexibility index (Phi) is 8.73. The standard InChI is InChI=1S/C21H32N2O2.ClH/c1-18-9-3-4-11-20(18)25-17-21(24)23-15-8-5-10-19(23)12-16-22-13-6-2-7-14-22;/h3-4,9,11,19H,2,5-8,10,12-17H2,1H3;1H. The zero-order valence-corrected chi connectivity index (χ0v) is 16.8. The third-order valence-corrected chi connectivity index (χ3v) is 5.62. The van der Waals surface area contributed by atoms with Crippen LogP contribution in [-0.2, 0) is 4.79 Å². The number of benzene rings is 1. The van der Waals surface area contributed by atoms with Crippen LogP contribution in [0.25, 0.3) is 0 Å². The molecular formula is C21H33ClN2O2. The van der Waals surface area contributed by atoms with E-state index in [1.54, 1.807) is 0 Å². The van der Waals surface area contributed by atoms with Crippen molar-refractivity contribution in [3.63, 3.8) is 0 Å². The second-order valence-electron chi connectivity index (χ2n) is 7.48. The molecule has 5 heteroatoms. The largest absolute Gasteiger partial charge is 0.484 e. The quantitative estimate of drug-likeness (QED) is 0.746. The Morgan fingerprint density at radius 2 is 1.81 bits per heavy atom. The molecule has 0 aliphatic carbocycles. The van der Waals surface area contributed by atoms with Gasteiger partial charge in [-0.05, 0) is 70.2 Å². The number of aryl methyl sites for hydroxylation is 1. The van der Waals surface area contributed by atoms with Gasteiger partial charge in [0.2, 0.25) is 0 Å². The monoisotopic (exact) mass is 380 g/mol. The Labute approximate surface area is 164 Å². The Balaban J connectivity index is 0.00000243.